The summed E-state index contributed by atoms with van der Waals surface area (Å²) >= 11 is 0. The van der Waals surface area contributed by atoms with Crippen LogP contribution in [0.3, 0.4) is 0 Å². The summed E-state index contributed by atoms with van der Waals surface area (Å²) in [5.74, 6) is 0.376. The van der Waals surface area contributed by atoms with Crippen LogP contribution >= 0.6 is 0 Å². The Morgan fingerprint density at radius 3 is 2.66 bits per heavy atom. The fourth-order valence-electron chi connectivity index (χ4n) is 3.87. The molecule has 1 saturated carbocycles. The minimum absolute atomic E-state index is 0.0786. The Labute approximate surface area is 169 Å². The molecule has 1 fully saturated rings. The molecule has 4 rings (SSSR count). The number of nitrogens with zero attached hydrogens (tertiary/aromatic N) is 2. The molecule has 3 aromatic rings. The summed E-state index contributed by atoms with van der Waals surface area (Å²) in [6.45, 7) is 3.98. The summed E-state index contributed by atoms with van der Waals surface area (Å²) < 4.78 is 21.5. The fourth-order valence-corrected chi connectivity index (χ4v) is 3.87. The second-order valence-electron chi connectivity index (χ2n) is 7.74. The number of carbonyl (C=O) groups is 1. The number of imidazole rings is 1. The van der Waals surface area contributed by atoms with Crippen LogP contribution in [0.2, 0.25) is 0 Å². The number of carbonyl (C=O) groups excluding carboxylic acids is 1. The summed E-state index contributed by atoms with van der Waals surface area (Å²) in [7, 11) is 0. The number of hydrogen-bond donors (Lipinski definition) is 1. The second-order valence-corrected chi connectivity index (χ2v) is 7.74. The first kappa shape index (κ1) is 19.4. The third-order valence-corrected chi connectivity index (χ3v) is 5.68. The molecule has 5 nitrogen and oxygen atoms in total. The number of furan rings is 1. The predicted molar refractivity (Wildman–Crippen MR) is 110 cm³/mol. The second kappa shape index (κ2) is 8.23. The molecule has 1 aliphatic rings. The van der Waals surface area contributed by atoms with Gasteiger partial charge in [0, 0.05) is 17.6 Å². The largest absolute Gasteiger partial charge is 0.449 e. The van der Waals surface area contributed by atoms with Crippen molar-refractivity contribution >= 4 is 5.91 Å². The highest BCUT2D eigenvalue weighted by Gasteiger charge is 2.26. The van der Waals surface area contributed by atoms with Crippen molar-refractivity contribution in [2.75, 3.05) is 0 Å². The van der Waals surface area contributed by atoms with Crippen LogP contribution in [0.1, 0.15) is 62.5 Å². The highest BCUT2D eigenvalue weighted by Crippen LogP contribution is 2.39. The van der Waals surface area contributed by atoms with E-state index in [9.17, 15) is 9.18 Å². The summed E-state index contributed by atoms with van der Waals surface area (Å²) in [6, 6.07) is 10.3. The number of halogens is 1. The van der Waals surface area contributed by atoms with E-state index in [0.717, 1.165) is 36.2 Å². The monoisotopic (exact) mass is 395 g/mol. The number of rotatable bonds is 6. The smallest absolute Gasteiger partial charge is 0.287 e. The molecule has 2 aromatic heterocycles. The molecule has 0 radical (unpaired) electrons. The van der Waals surface area contributed by atoms with Gasteiger partial charge in [-0.2, -0.15) is 0 Å². The predicted octanol–water partition coefficient (Wildman–Crippen LogP) is 5.59. The standard InChI is InChI=1S/C23H26FN3O2/c1-3-15(2)26-23(28)20-13-12-19(29-20)22-21(16-8-10-17(24)11-9-16)25-14-27(22)18-6-4-5-7-18/h8-15,18H,3-7H2,1-2H3,(H,26,28)/t15-/m0/s1. The first-order valence-electron chi connectivity index (χ1n) is 10.3. The zero-order valence-corrected chi connectivity index (χ0v) is 16.8. The maximum atomic E-state index is 13.4. The highest BCUT2D eigenvalue weighted by molar-refractivity contribution is 5.92. The topological polar surface area (TPSA) is 60.1 Å². The van der Waals surface area contributed by atoms with Crippen molar-refractivity contribution in [3.8, 4) is 22.7 Å². The van der Waals surface area contributed by atoms with Gasteiger partial charge in [-0.15, -0.1) is 0 Å². The van der Waals surface area contributed by atoms with Gasteiger partial charge in [-0.25, -0.2) is 9.37 Å². The molecule has 29 heavy (non-hydrogen) atoms. The first-order valence-corrected chi connectivity index (χ1v) is 10.3. The van der Waals surface area contributed by atoms with Crippen molar-refractivity contribution < 1.29 is 13.6 Å². The minimum Gasteiger partial charge on any atom is -0.449 e. The van der Waals surface area contributed by atoms with Crippen LogP contribution in [0, 0.1) is 5.82 Å². The van der Waals surface area contributed by atoms with Crippen molar-refractivity contribution in [2.24, 2.45) is 0 Å². The molecule has 1 aliphatic carbocycles. The molecule has 0 spiro atoms. The molecule has 152 valence electrons. The molecule has 2 heterocycles. The number of aromatic nitrogens is 2. The molecule has 1 amide bonds. The van der Waals surface area contributed by atoms with E-state index in [4.69, 9.17) is 4.42 Å². The SMILES string of the molecule is CC[C@H](C)NC(=O)c1ccc(-c2c(-c3ccc(F)cc3)ncn2C2CCCC2)o1. The average molecular weight is 395 g/mol. The van der Waals surface area contributed by atoms with E-state index in [1.807, 2.05) is 26.2 Å². The fraction of sp³-hybridized carbons (Fsp3) is 0.391. The lowest BCUT2D eigenvalue weighted by atomic mass is 10.1. The van der Waals surface area contributed by atoms with E-state index in [1.54, 1.807) is 18.2 Å². The third kappa shape index (κ3) is 3.97. The lowest BCUT2D eigenvalue weighted by molar-refractivity contribution is 0.0912. The summed E-state index contributed by atoms with van der Waals surface area (Å²) in [4.78, 5) is 17.1. The van der Waals surface area contributed by atoms with Gasteiger partial charge in [-0.1, -0.05) is 19.8 Å². The van der Waals surface area contributed by atoms with Crippen LogP contribution in [0.5, 0.6) is 0 Å². The molecule has 6 heteroatoms. The van der Waals surface area contributed by atoms with Gasteiger partial charge < -0.3 is 14.3 Å². The van der Waals surface area contributed by atoms with Crippen LogP contribution in [0.4, 0.5) is 4.39 Å². The van der Waals surface area contributed by atoms with Crippen molar-refractivity contribution in [1.82, 2.24) is 14.9 Å². The van der Waals surface area contributed by atoms with Crippen LogP contribution in [0.15, 0.2) is 47.1 Å². The summed E-state index contributed by atoms with van der Waals surface area (Å²) in [5, 5.41) is 2.93. The van der Waals surface area contributed by atoms with Gasteiger partial charge in [0.25, 0.3) is 5.91 Å². The van der Waals surface area contributed by atoms with Crippen molar-refractivity contribution in [1.29, 1.82) is 0 Å². The van der Waals surface area contributed by atoms with E-state index >= 15 is 0 Å². The van der Waals surface area contributed by atoms with E-state index < -0.39 is 0 Å². The summed E-state index contributed by atoms with van der Waals surface area (Å²) in [5.41, 5.74) is 2.39. The molecule has 1 atom stereocenters. The lowest BCUT2D eigenvalue weighted by Gasteiger charge is -2.15. The van der Waals surface area contributed by atoms with Gasteiger partial charge in [0.1, 0.15) is 11.5 Å². The van der Waals surface area contributed by atoms with Gasteiger partial charge in [0.15, 0.2) is 11.5 Å². The van der Waals surface area contributed by atoms with Crippen LogP contribution in [0.25, 0.3) is 22.7 Å². The Balaban J connectivity index is 1.74. The lowest BCUT2D eigenvalue weighted by Crippen LogP contribution is -2.31. The van der Waals surface area contributed by atoms with Gasteiger partial charge >= 0.3 is 0 Å². The molecular formula is C23H26FN3O2. The maximum absolute atomic E-state index is 13.4. The Morgan fingerprint density at radius 2 is 1.97 bits per heavy atom. The molecule has 1 N–H and O–H groups in total. The van der Waals surface area contributed by atoms with Crippen molar-refractivity contribution in [3.05, 3.63) is 54.3 Å². The Hall–Kier alpha value is -2.89. The molecule has 1 aromatic carbocycles. The van der Waals surface area contributed by atoms with E-state index in [2.05, 4.69) is 14.9 Å². The van der Waals surface area contributed by atoms with E-state index in [-0.39, 0.29) is 23.5 Å². The quantitative estimate of drug-likeness (QED) is 0.592. The number of benzene rings is 1. The molecule has 0 saturated heterocycles. The van der Waals surface area contributed by atoms with Crippen molar-refractivity contribution in [3.63, 3.8) is 0 Å². The van der Waals surface area contributed by atoms with Gasteiger partial charge in [-0.05, 0) is 62.6 Å². The molecule has 0 bridgehead atoms. The van der Waals surface area contributed by atoms with Gasteiger partial charge in [-0.3, -0.25) is 4.79 Å². The van der Waals surface area contributed by atoms with E-state index in [1.165, 1.54) is 25.0 Å². The zero-order valence-electron chi connectivity index (χ0n) is 16.8. The summed E-state index contributed by atoms with van der Waals surface area (Å²) in [6.07, 6.45) is 7.25. The molecular weight excluding hydrogens is 369 g/mol. The normalized spacial score (nSPS) is 15.6. The maximum Gasteiger partial charge on any atom is 0.287 e. The van der Waals surface area contributed by atoms with Crippen LogP contribution in [-0.2, 0) is 0 Å². The molecule has 0 unspecified atom stereocenters. The molecule has 0 aliphatic heterocycles. The van der Waals surface area contributed by atoms with Crippen LogP contribution < -0.4 is 5.32 Å². The Morgan fingerprint density at radius 1 is 1.24 bits per heavy atom. The first-order chi connectivity index (χ1) is 14.1. The van der Waals surface area contributed by atoms with Crippen molar-refractivity contribution in [2.45, 2.75) is 58.0 Å². The number of nitrogens with one attached hydrogen (secondary N) is 1. The minimum atomic E-state index is -0.285. The van der Waals surface area contributed by atoms with E-state index in [0.29, 0.717) is 11.8 Å². The van der Waals surface area contributed by atoms with Gasteiger partial charge in [0.05, 0.1) is 12.0 Å². The highest BCUT2D eigenvalue weighted by atomic mass is 19.1. The average Bonchev–Trinajstić information content (AvgIpc) is 3.46. The Bertz CT molecular complexity index is 984. The third-order valence-electron chi connectivity index (χ3n) is 5.68. The Kier molecular flexibility index (Phi) is 5.51. The number of amides is 1. The zero-order chi connectivity index (χ0) is 20.4. The van der Waals surface area contributed by atoms with Crippen LogP contribution in [-0.4, -0.2) is 21.5 Å². The number of hydrogen-bond acceptors (Lipinski definition) is 3. The van der Waals surface area contributed by atoms with Gasteiger partial charge in [0.2, 0.25) is 0 Å².